The molecule has 0 aliphatic carbocycles. The summed E-state index contributed by atoms with van der Waals surface area (Å²) in [4.78, 5) is 234. The summed E-state index contributed by atoms with van der Waals surface area (Å²) in [5.74, 6) is -20.2. The summed E-state index contributed by atoms with van der Waals surface area (Å²) >= 11 is 16.2. The van der Waals surface area contributed by atoms with Gasteiger partial charge in [0.05, 0.1) is 44.4 Å². The summed E-state index contributed by atoms with van der Waals surface area (Å²) in [7, 11) is 0. The van der Waals surface area contributed by atoms with Crippen molar-refractivity contribution >= 4 is 157 Å². The third-order valence-corrected chi connectivity index (χ3v) is 17.3. The Bertz CT molecular complexity index is 3280. The van der Waals surface area contributed by atoms with Gasteiger partial charge in [-0.05, 0) is 84.0 Å². The highest BCUT2D eigenvalue weighted by Gasteiger charge is 2.37. The summed E-state index contributed by atoms with van der Waals surface area (Å²) in [5, 5.41) is 89.2. The molecule has 1 aromatic rings. The number of phenolic OH excluding ortho intramolecular Hbond substituents is 1. The molecule has 1 saturated heterocycles. The number of carboxylic acids is 2. The number of hydrogen-bond acceptors (Lipinski definition) is 26. The lowest BCUT2D eigenvalue weighted by atomic mass is 9.97. The van der Waals surface area contributed by atoms with E-state index in [1.807, 2.05) is 0 Å². The van der Waals surface area contributed by atoms with Crippen LogP contribution in [-0.2, 0) is 92.7 Å². The zero-order valence-electron chi connectivity index (χ0n) is 59.0. The van der Waals surface area contributed by atoms with Gasteiger partial charge in [0.25, 0.3) is 0 Å². The molecule has 2 rings (SSSR count). The number of amides is 16. The van der Waals surface area contributed by atoms with Crippen LogP contribution < -0.4 is 90.4 Å². The molecule has 1 fully saturated rings. The Morgan fingerprint density at radius 3 is 1.27 bits per heavy atom. The Labute approximate surface area is 631 Å². The second-order valence-electron chi connectivity index (χ2n) is 24.5. The largest absolute Gasteiger partial charge is 0.508 e. The fourth-order valence-corrected chi connectivity index (χ4v) is 10.4. The molecule has 1 aromatic carbocycles. The van der Waals surface area contributed by atoms with Crippen LogP contribution >= 0.6 is 50.5 Å². The molecule has 40 nitrogen and oxygen atoms in total. The van der Waals surface area contributed by atoms with Gasteiger partial charge >= 0.3 is 11.9 Å². The second kappa shape index (κ2) is 47.3. The molecule has 0 aromatic heterocycles. The van der Waals surface area contributed by atoms with Gasteiger partial charge in [-0.25, -0.2) is 4.79 Å². The smallest absolute Gasteiger partial charge is 0.327 e. The highest BCUT2D eigenvalue weighted by Crippen LogP contribution is 2.14. The molecule has 1 aliphatic rings. The summed E-state index contributed by atoms with van der Waals surface area (Å²) in [5.41, 5.74) is 0.386. The maximum atomic E-state index is 13.9. The number of carbonyl (C=O) groups excluding carboxylic acids is 16. The van der Waals surface area contributed by atoms with Crippen molar-refractivity contribution in [3.05, 3.63) is 29.8 Å². The molecule has 0 radical (unpaired) electrons. The molecular formula is C62H97N17O23S4. The first-order chi connectivity index (χ1) is 49.8. The molecule has 592 valence electrons. The standard InChI is InChI=1S/C62H97N17O23S4/c1-8-27(2)47(79-55(94)36(15-16-46(87)88)73-58(97)40(25-105)76-61(100)49(32(7)81)78-45(86)21-64-53(92)35-10-9-17-63-35)59(98)66-19-42(83)71-39(24-104)57(96)70-30(5)51(90)74-37(18-33-11-13-34(82)14-12-33)56(95)69-28(3)50(89)68-29(4)52(91)75-38(23-103)54(93)65-22-44(85)77-48(31(6)80)60(99)67-20-43(84)72-41(26-106)62(101)102/h11-14,27-32,35-41,47-49,63,80-82,103-106H,8-10,15-26H2,1-7H3,(H,64,92)(H,65,93)(H,66,98)(H,67,99)(H,68,89)(H,69,95)(H,70,96)(H,71,83)(H,72,84)(H,73,97)(H,74,90)(H,75,91)(H,76,100)(H,77,85)(H,78,86)(H,79,94)(H,87,88)(H,101,102)/t27-,28-,29-,30-,31+,32+,35-,36-,37-,38-,39-,40-,41-,47-,48-,49-/m0/s1. The molecule has 22 N–H and O–H groups in total. The number of carboxylic acid groups (broad SMARTS) is 2. The lowest BCUT2D eigenvalue weighted by Crippen LogP contribution is -2.61. The van der Waals surface area contributed by atoms with Crippen molar-refractivity contribution in [1.82, 2.24) is 90.4 Å². The Hall–Kier alpha value is -9.24. The fraction of sp³-hybridized carbons (Fsp3) is 0.613. The number of aliphatic hydroxyl groups is 2. The monoisotopic (exact) mass is 1580 g/mol. The normalized spacial score (nSPS) is 16.6. The Balaban J connectivity index is 2.09. The molecule has 16 atom stereocenters. The van der Waals surface area contributed by atoms with Crippen molar-refractivity contribution in [3.63, 3.8) is 0 Å². The maximum Gasteiger partial charge on any atom is 0.327 e. The van der Waals surface area contributed by atoms with Crippen LogP contribution in [0.2, 0.25) is 0 Å². The number of nitrogens with one attached hydrogen (secondary N) is 17. The lowest BCUT2D eigenvalue weighted by Gasteiger charge is -2.28. The number of aliphatic hydroxyl groups excluding tert-OH is 2. The number of aliphatic carboxylic acids is 2. The SMILES string of the molecule is CC[C@H](C)[C@H](NC(=O)[C@H](CCC(=O)O)NC(=O)[C@H](CS)NC(=O)[C@@H](NC(=O)CNC(=O)[C@@H]1CCCN1)[C@@H](C)O)C(=O)NCC(=O)N[C@@H](CS)C(=O)N[C@@H](C)C(=O)N[C@@H](Cc1ccc(O)cc1)C(=O)N[C@@H](C)C(=O)N[C@@H](C)C(=O)N[C@@H](CS)C(=O)NCC(=O)N[C@H](C(=O)NCC(=O)N[C@@H](CS)C(=O)O)[C@@H](C)O. The summed E-state index contributed by atoms with van der Waals surface area (Å²) in [6.07, 6.45) is -3.02. The number of rotatable bonds is 46. The van der Waals surface area contributed by atoms with Gasteiger partial charge in [-0.3, -0.25) is 81.5 Å². The van der Waals surface area contributed by atoms with Crippen molar-refractivity contribution in [1.29, 1.82) is 0 Å². The van der Waals surface area contributed by atoms with Gasteiger partial charge in [-0.1, -0.05) is 32.4 Å². The molecule has 0 spiro atoms. The van der Waals surface area contributed by atoms with Crippen LogP contribution in [0, 0.1) is 5.92 Å². The highest BCUT2D eigenvalue weighted by atomic mass is 32.1. The molecule has 1 aliphatic heterocycles. The minimum atomic E-state index is -1.67. The van der Waals surface area contributed by atoms with E-state index in [2.05, 4.69) is 141 Å². The van der Waals surface area contributed by atoms with Crippen molar-refractivity contribution in [2.75, 3.05) is 55.7 Å². The van der Waals surface area contributed by atoms with Crippen LogP contribution in [0.25, 0.3) is 0 Å². The van der Waals surface area contributed by atoms with Gasteiger partial charge in [0.2, 0.25) is 94.5 Å². The molecule has 0 saturated carbocycles. The number of phenols is 1. The van der Waals surface area contributed by atoms with Crippen LogP contribution in [0.3, 0.4) is 0 Å². The molecule has 16 amide bonds. The molecule has 44 heteroatoms. The first kappa shape index (κ1) is 92.8. The molecule has 0 unspecified atom stereocenters. The minimum Gasteiger partial charge on any atom is -0.508 e. The van der Waals surface area contributed by atoms with E-state index < -0.39 is 248 Å². The van der Waals surface area contributed by atoms with Crippen LogP contribution in [0.4, 0.5) is 0 Å². The van der Waals surface area contributed by atoms with E-state index in [9.17, 15) is 107 Å². The van der Waals surface area contributed by atoms with Gasteiger partial charge in [0.15, 0.2) is 0 Å². The van der Waals surface area contributed by atoms with Gasteiger partial charge in [0, 0.05) is 35.9 Å². The van der Waals surface area contributed by atoms with Crippen LogP contribution in [0.5, 0.6) is 5.75 Å². The second-order valence-corrected chi connectivity index (χ2v) is 26.0. The first-order valence-electron chi connectivity index (χ1n) is 33.3. The average molecular weight is 1580 g/mol. The third kappa shape index (κ3) is 33.1. The fourth-order valence-electron chi connectivity index (χ4n) is 9.42. The van der Waals surface area contributed by atoms with E-state index >= 15 is 0 Å². The number of aromatic hydroxyl groups is 1. The number of hydrogen-bond donors (Lipinski definition) is 26. The highest BCUT2D eigenvalue weighted by molar-refractivity contribution is 7.80. The summed E-state index contributed by atoms with van der Waals surface area (Å²) in [6.45, 7) is 6.87. The molecule has 1 heterocycles. The topological polar surface area (TPSA) is 613 Å². The van der Waals surface area contributed by atoms with Crippen LogP contribution in [-0.4, -0.2) is 278 Å². The number of carbonyl (C=O) groups is 18. The van der Waals surface area contributed by atoms with E-state index in [-0.39, 0.29) is 35.8 Å². The third-order valence-electron chi connectivity index (χ3n) is 15.9. The summed E-state index contributed by atoms with van der Waals surface area (Å²) < 4.78 is 0. The average Bonchev–Trinajstić information content (AvgIpc) is 1.01. The zero-order chi connectivity index (χ0) is 80.2. The van der Waals surface area contributed by atoms with Gasteiger partial charge < -0.3 is 116 Å². The number of benzene rings is 1. The van der Waals surface area contributed by atoms with E-state index in [1.54, 1.807) is 13.8 Å². The Kier molecular flexibility index (Phi) is 41.5. The first-order valence-corrected chi connectivity index (χ1v) is 35.8. The van der Waals surface area contributed by atoms with Gasteiger partial charge in [-0.15, -0.1) is 0 Å². The minimum absolute atomic E-state index is 0.145. The lowest BCUT2D eigenvalue weighted by molar-refractivity contribution is -0.141. The van der Waals surface area contributed by atoms with Crippen molar-refractivity contribution in [2.45, 2.75) is 178 Å². The van der Waals surface area contributed by atoms with Crippen LogP contribution in [0.1, 0.15) is 86.1 Å². The van der Waals surface area contributed by atoms with Crippen molar-refractivity contribution < 1.29 is 112 Å². The van der Waals surface area contributed by atoms with Crippen molar-refractivity contribution in [2.24, 2.45) is 5.92 Å². The molecule has 0 bridgehead atoms. The molecular weight excluding hydrogens is 1480 g/mol. The predicted octanol–water partition coefficient (Wildman–Crippen LogP) is -9.49. The maximum absolute atomic E-state index is 13.9. The summed E-state index contributed by atoms with van der Waals surface area (Å²) in [6, 6.07) is -13.1. The molecule has 106 heavy (non-hydrogen) atoms. The van der Waals surface area contributed by atoms with E-state index in [1.165, 1.54) is 52.0 Å². The Morgan fingerprint density at radius 2 is 0.811 bits per heavy atom. The van der Waals surface area contributed by atoms with Gasteiger partial charge in [-0.2, -0.15) is 50.5 Å². The predicted molar refractivity (Wildman–Crippen MR) is 388 cm³/mol. The Morgan fingerprint density at radius 1 is 0.434 bits per heavy atom. The van der Waals surface area contributed by atoms with E-state index in [0.717, 1.165) is 13.3 Å². The quantitative estimate of drug-likeness (QED) is 0.0270. The van der Waals surface area contributed by atoms with E-state index in [4.69, 9.17) is 5.11 Å². The van der Waals surface area contributed by atoms with Crippen LogP contribution in [0.15, 0.2) is 24.3 Å². The van der Waals surface area contributed by atoms with Crippen molar-refractivity contribution in [3.8, 4) is 5.75 Å². The zero-order valence-corrected chi connectivity index (χ0v) is 62.6. The van der Waals surface area contributed by atoms with Gasteiger partial charge in [0.1, 0.15) is 78.3 Å². The van der Waals surface area contributed by atoms with E-state index in [0.29, 0.717) is 18.5 Å². The number of thiol groups is 4.